The molecule has 6 nitrogen and oxygen atoms in total. The maximum atomic E-state index is 12.0. The highest BCUT2D eigenvalue weighted by Gasteiger charge is 2.17. The summed E-state index contributed by atoms with van der Waals surface area (Å²) in [6, 6.07) is 8.44. The van der Waals surface area contributed by atoms with Gasteiger partial charge in [-0.3, -0.25) is 14.4 Å². The van der Waals surface area contributed by atoms with Crippen LogP contribution in [0.2, 0.25) is 0 Å². The first-order chi connectivity index (χ1) is 11.0. The Morgan fingerprint density at radius 3 is 2.35 bits per heavy atom. The fourth-order valence-corrected chi connectivity index (χ4v) is 2.14. The van der Waals surface area contributed by atoms with Gasteiger partial charge >= 0.3 is 5.97 Å². The number of hydrogen-bond donors (Lipinski definition) is 3. The molecule has 0 aliphatic carbocycles. The van der Waals surface area contributed by atoms with E-state index >= 15 is 0 Å². The number of carbonyl (C=O) groups excluding carboxylic acids is 2. The van der Waals surface area contributed by atoms with Crippen LogP contribution in [0, 0.1) is 0 Å². The standard InChI is InChI=1S/C17H24N2O4/c1-2-11-18-15(20)9-6-10-16(21)19-14(12-17(22)23)13-7-4-3-5-8-13/h3-5,7-8,14H,2,6,9-12H2,1H3,(H,18,20)(H,19,21)(H,22,23). The molecule has 0 fully saturated rings. The molecule has 0 bridgehead atoms. The zero-order chi connectivity index (χ0) is 17.1. The smallest absolute Gasteiger partial charge is 0.305 e. The van der Waals surface area contributed by atoms with Crippen LogP contribution in [-0.4, -0.2) is 29.4 Å². The number of carboxylic acids is 1. The maximum Gasteiger partial charge on any atom is 0.305 e. The van der Waals surface area contributed by atoms with Gasteiger partial charge in [0.05, 0.1) is 12.5 Å². The third-order valence-corrected chi connectivity index (χ3v) is 3.30. The fourth-order valence-electron chi connectivity index (χ4n) is 2.14. The van der Waals surface area contributed by atoms with E-state index in [0.29, 0.717) is 19.4 Å². The minimum atomic E-state index is -0.974. The highest BCUT2D eigenvalue weighted by molar-refractivity contribution is 5.79. The van der Waals surface area contributed by atoms with Gasteiger partial charge in [0.25, 0.3) is 0 Å². The molecule has 126 valence electrons. The van der Waals surface area contributed by atoms with Crippen LogP contribution in [-0.2, 0) is 14.4 Å². The number of rotatable bonds is 10. The van der Waals surface area contributed by atoms with Gasteiger partial charge in [-0.05, 0) is 18.4 Å². The number of benzene rings is 1. The topological polar surface area (TPSA) is 95.5 Å². The molecule has 1 atom stereocenters. The number of carboxylic acid groups (broad SMARTS) is 1. The summed E-state index contributed by atoms with van der Waals surface area (Å²) in [6.45, 7) is 2.61. The van der Waals surface area contributed by atoms with E-state index in [1.807, 2.05) is 13.0 Å². The van der Waals surface area contributed by atoms with Crippen LogP contribution >= 0.6 is 0 Å². The summed E-state index contributed by atoms with van der Waals surface area (Å²) in [5.74, 6) is -1.29. The number of amides is 2. The van der Waals surface area contributed by atoms with Crippen molar-refractivity contribution in [2.24, 2.45) is 0 Å². The van der Waals surface area contributed by atoms with E-state index in [9.17, 15) is 14.4 Å². The van der Waals surface area contributed by atoms with E-state index in [4.69, 9.17) is 5.11 Å². The molecular weight excluding hydrogens is 296 g/mol. The predicted molar refractivity (Wildman–Crippen MR) is 86.7 cm³/mol. The lowest BCUT2D eigenvalue weighted by molar-refractivity contribution is -0.137. The van der Waals surface area contributed by atoms with Gasteiger partial charge in [0.2, 0.25) is 11.8 Å². The molecule has 0 saturated carbocycles. The zero-order valence-electron chi connectivity index (χ0n) is 13.4. The molecule has 23 heavy (non-hydrogen) atoms. The van der Waals surface area contributed by atoms with Gasteiger partial charge in [-0.15, -0.1) is 0 Å². The van der Waals surface area contributed by atoms with Crippen molar-refractivity contribution in [2.45, 2.75) is 45.1 Å². The molecule has 0 aliphatic heterocycles. The average molecular weight is 320 g/mol. The Morgan fingerprint density at radius 2 is 1.74 bits per heavy atom. The Bertz CT molecular complexity index is 517. The van der Waals surface area contributed by atoms with Crippen LogP contribution in [0.15, 0.2) is 30.3 Å². The lowest BCUT2D eigenvalue weighted by Crippen LogP contribution is -2.30. The van der Waals surface area contributed by atoms with Gasteiger partial charge in [-0.25, -0.2) is 0 Å². The Labute approximate surface area is 136 Å². The minimum absolute atomic E-state index is 0.0650. The number of nitrogens with one attached hydrogen (secondary N) is 2. The number of hydrogen-bond acceptors (Lipinski definition) is 3. The summed E-state index contributed by atoms with van der Waals surface area (Å²) in [5.41, 5.74) is 0.754. The van der Waals surface area contributed by atoms with Gasteiger partial charge in [0, 0.05) is 19.4 Å². The molecular formula is C17H24N2O4. The quantitative estimate of drug-likeness (QED) is 0.614. The Balaban J connectivity index is 2.45. The van der Waals surface area contributed by atoms with Crippen molar-refractivity contribution in [1.82, 2.24) is 10.6 Å². The average Bonchev–Trinajstić information content (AvgIpc) is 2.52. The van der Waals surface area contributed by atoms with Crippen LogP contribution in [0.5, 0.6) is 0 Å². The Kier molecular flexibility index (Phi) is 8.42. The molecule has 1 aromatic carbocycles. The van der Waals surface area contributed by atoms with E-state index in [1.54, 1.807) is 24.3 Å². The van der Waals surface area contributed by atoms with E-state index in [0.717, 1.165) is 12.0 Å². The lowest BCUT2D eigenvalue weighted by atomic mass is 10.0. The van der Waals surface area contributed by atoms with Crippen LogP contribution in [0.4, 0.5) is 0 Å². The Morgan fingerprint density at radius 1 is 1.09 bits per heavy atom. The van der Waals surface area contributed by atoms with Gasteiger partial charge in [-0.1, -0.05) is 37.3 Å². The summed E-state index contributed by atoms with van der Waals surface area (Å²) in [7, 11) is 0. The molecule has 0 aliphatic rings. The molecule has 1 unspecified atom stereocenters. The van der Waals surface area contributed by atoms with E-state index in [1.165, 1.54) is 0 Å². The van der Waals surface area contributed by atoms with Crippen LogP contribution in [0.25, 0.3) is 0 Å². The summed E-state index contributed by atoms with van der Waals surface area (Å²) in [4.78, 5) is 34.4. The van der Waals surface area contributed by atoms with Gasteiger partial charge in [-0.2, -0.15) is 0 Å². The molecule has 1 aromatic rings. The van der Waals surface area contributed by atoms with Crippen molar-refractivity contribution in [3.63, 3.8) is 0 Å². The largest absolute Gasteiger partial charge is 0.481 e. The fraction of sp³-hybridized carbons (Fsp3) is 0.471. The molecule has 0 spiro atoms. The third kappa shape index (κ3) is 7.99. The summed E-state index contributed by atoms with van der Waals surface area (Å²) in [5, 5.41) is 14.5. The van der Waals surface area contributed by atoms with E-state index < -0.39 is 12.0 Å². The SMILES string of the molecule is CCCNC(=O)CCCC(=O)NC(CC(=O)O)c1ccccc1. The summed E-state index contributed by atoms with van der Waals surface area (Å²) >= 11 is 0. The summed E-state index contributed by atoms with van der Waals surface area (Å²) < 4.78 is 0. The van der Waals surface area contributed by atoms with Crippen molar-refractivity contribution in [3.05, 3.63) is 35.9 Å². The third-order valence-electron chi connectivity index (χ3n) is 3.30. The summed E-state index contributed by atoms with van der Waals surface area (Å²) in [6.07, 6.45) is 1.63. The second-order valence-corrected chi connectivity index (χ2v) is 5.33. The van der Waals surface area contributed by atoms with Crippen LogP contribution < -0.4 is 10.6 Å². The molecule has 0 saturated heterocycles. The molecule has 2 amide bonds. The normalized spacial score (nSPS) is 11.5. The van der Waals surface area contributed by atoms with Gasteiger partial charge in [0.1, 0.15) is 0 Å². The second-order valence-electron chi connectivity index (χ2n) is 5.33. The van der Waals surface area contributed by atoms with Crippen molar-refractivity contribution in [2.75, 3.05) is 6.54 Å². The van der Waals surface area contributed by atoms with Crippen molar-refractivity contribution < 1.29 is 19.5 Å². The molecule has 3 N–H and O–H groups in total. The first-order valence-electron chi connectivity index (χ1n) is 7.85. The first-order valence-corrected chi connectivity index (χ1v) is 7.85. The zero-order valence-corrected chi connectivity index (χ0v) is 13.4. The van der Waals surface area contributed by atoms with Crippen LogP contribution in [0.3, 0.4) is 0 Å². The van der Waals surface area contributed by atoms with Gasteiger partial charge < -0.3 is 15.7 Å². The van der Waals surface area contributed by atoms with Crippen molar-refractivity contribution in [1.29, 1.82) is 0 Å². The van der Waals surface area contributed by atoms with Crippen molar-refractivity contribution in [3.8, 4) is 0 Å². The maximum absolute atomic E-state index is 12.0. The molecule has 0 aromatic heterocycles. The van der Waals surface area contributed by atoms with E-state index in [-0.39, 0.29) is 24.7 Å². The Hall–Kier alpha value is -2.37. The predicted octanol–water partition coefficient (Wildman–Crippen LogP) is 2.02. The minimum Gasteiger partial charge on any atom is -0.481 e. The highest BCUT2D eigenvalue weighted by Crippen LogP contribution is 2.16. The van der Waals surface area contributed by atoms with Gasteiger partial charge in [0.15, 0.2) is 0 Å². The lowest BCUT2D eigenvalue weighted by Gasteiger charge is -2.17. The molecule has 0 radical (unpaired) electrons. The number of aliphatic carboxylic acids is 1. The van der Waals surface area contributed by atoms with E-state index in [2.05, 4.69) is 10.6 Å². The monoisotopic (exact) mass is 320 g/mol. The second kappa shape index (κ2) is 10.4. The van der Waals surface area contributed by atoms with Crippen LogP contribution in [0.1, 0.15) is 50.6 Å². The van der Waals surface area contributed by atoms with Crippen molar-refractivity contribution >= 4 is 17.8 Å². The first kappa shape index (κ1) is 18.7. The molecule has 6 heteroatoms. The highest BCUT2D eigenvalue weighted by atomic mass is 16.4. The molecule has 1 rings (SSSR count). The molecule has 0 heterocycles. The number of carbonyl (C=O) groups is 3.